The van der Waals surface area contributed by atoms with E-state index in [1.165, 1.54) is 4.68 Å². The van der Waals surface area contributed by atoms with Gasteiger partial charge in [-0.3, -0.25) is 4.84 Å². The lowest BCUT2D eigenvalue weighted by atomic mass is 10.3. The van der Waals surface area contributed by atoms with Crippen LogP contribution in [0.5, 0.6) is 0 Å². The third-order valence-corrected chi connectivity index (χ3v) is 2.10. The smallest absolute Gasteiger partial charge is 0.292 e. The van der Waals surface area contributed by atoms with Gasteiger partial charge in [0.15, 0.2) is 12.4 Å². The molecule has 1 N–H and O–H groups in total. The van der Waals surface area contributed by atoms with Gasteiger partial charge in [-0.25, -0.2) is 0 Å². The van der Waals surface area contributed by atoms with Gasteiger partial charge in [-0.05, 0) is 22.6 Å². The van der Waals surface area contributed by atoms with Crippen LogP contribution in [0.4, 0.5) is 13.2 Å². The van der Waals surface area contributed by atoms with Crippen molar-refractivity contribution in [1.29, 1.82) is 0 Å². The van der Waals surface area contributed by atoms with Crippen molar-refractivity contribution in [3.8, 4) is 5.69 Å². The van der Waals surface area contributed by atoms with E-state index in [1.54, 1.807) is 24.3 Å². The number of tetrazole rings is 1. The molecule has 0 aliphatic heterocycles. The number of alkyl halides is 3. The standard InChI is InChI=1S/C10H10F3N5O/c11-10(12,13)7-19-14-6-9-15-16-17-18(9)8-4-2-1-3-5-8/h1-5,14H,6-7H2. The molecule has 0 saturated carbocycles. The van der Waals surface area contributed by atoms with Crippen molar-refractivity contribution in [2.45, 2.75) is 12.7 Å². The first kappa shape index (κ1) is 13.4. The molecule has 9 heteroatoms. The number of para-hydroxylation sites is 1. The molecule has 0 aliphatic rings. The summed E-state index contributed by atoms with van der Waals surface area (Å²) in [7, 11) is 0. The van der Waals surface area contributed by atoms with Crippen molar-refractivity contribution in [2.24, 2.45) is 0 Å². The fourth-order valence-electron chi connectivity index (χ4n) is 1.33. The molecule has 6 nitrogen and oxygen atoms in total. The van der Waals surface area contributed by atoms with Crippen molar-refractivity contribution in [3.63, 3.8) is 0 Å². The van der Waals surface area contributed by atoms with Crippen LogP contribution in [0.25, 0.3) is 5.69 Å². The maximum absolute atomic E-state index is 11.9. The molecule has 1 aromatic heterocycles. The Kier molecular flexibility index (Phi) is 4.07. The molecule has 0 aliphatic carbocycles. The number of benzene rings is 1. The Morgan fingerprint density at radius 1 is 1.21 bits per heavy atom. The minimum atomic E-state index is -4.38. The molecule has 0 atom stereocenters. The van der Waals surface area contributed by atoms with Crippen LogP contribution in [0.1, 0.15) is 5.82 Å². The van der Waals surface area contributed by atoms with Gasteiger partial charge in [0, 0.05) is 0 Å². The van der Waals surface area contributed by atoms with Crippen LogP contribution in [0.3, 0.4) is 0 Å². The number of rotatable bonds is 5. The number of halogens is 3. The van der Waals surface area contributed by atoms with E-state index in [4.69, 9.17) is 0 Å². The van der Waals surface area contributed by atoms with Gasteiger partial charge >= 0.3 is 6.18 Å². The van der Waals surface area contributed by atoms with Crippen LogP contribution in [-0.4, -0.2) is 33.0 Å². The largest absolute Gasteiger partial charge is 0.413 e. The molecule has 1 aromatic carbocycles. The summed E-state index contributed by atoms with van der Waals surface area (Å²) >= 11 is 0. The van der Waals surface area contributed by atoms with Crippen molar-refractivity contribution >= 4 is 0 Å². The molecule has 2 aromatic rings. The number of hydrogen-bond acceptors (Lipinski definition) is 5. The zero-order valence-electron chi connectivity index (χ0n) is 9.63. The summed E-state index contributed by atoms with van der Waals surface area (Å²) in [6, 6.07) is 8.98. The summed E-state index contributed by atoms with van der Waals surface area (Å²) in [5, 5.41) is 10.9. The highest BCUT2D eigenvalue weighted by molar-refractivity contribution is 5.30. The van der Waals surface area contributed by atoms with Crippen LogP contribution in [-0.2, 0) is 11.4 Å². The highest BCUT2D eigenvalue weighted by atomic mass is 19.4. The number of hydroxylamine groups is 1. The SMILES string of the molecule is FC(F)(F)CONCc1nnnn1-c1ccccc1. The van der Waals surface area contributed by atoms with Crippen LogP contribution in [0.15, 0.2) is 30.3 Å². The molecule has 0 amide bonds. The number of hydrogen-bond donors (Lipinski definition) is 1. The molecule has 0 saturated heterocycles. The lowest BCUT2D eigenvalue weighted by Gasteiger charge is -2.08. The second kappa shape index (κ2) is 5.76. The van der Waals surface area contributed by atoms with Gasteiger partial charge in [0.2, 0.25) is 0 Å². The molecule has 0 fully saturated rings. The van der Waals surface area contributed by atoms with Gasteiger partial charge in [0.25, 0.3) is 0 Å². The van der Waals surface area contributed by atoms with E-state index in [1.807, 2.05) is 6.07 Å². The minimum absolute atomic E-state index is 0.0437. The lowest BCUT2D eigenvalue weighted by Crippen LogP contribution is -2.25. The van der Waals surface area contributed by atoms with Gasteiger partial charge in [-0.2, -0.15) is 23.3 Å². The Balaban J connectivity index is 1.94. The highest BCUT2D eigenvalue weighted by Gasteiger charge is 2.27. The lowest BCUT2D eigenvalue weighted by molar-refractivity contribution is -0.190. The molecule has 2 rings (SSSR count). The number of aromatic nitrogens is 4. The van der Waals surface area contributed by atoms with E-state index in [0.29, 0.717) is 11.5 Å². The Labute approximate surface area is 106 Å². The first-order chi connectivity index (χ1) is 9.06. The van der Waals surface area contributed by atoms with E-state index in [9.17, 15) is 13.2 Å². The number of nitrogens with zero attached hydrogens (tertiary/aromatic N) is 4. The molecule has 19 heavy (non-hydrogen) atoms. The molecular formula is C10H10F3N5O. The average Bonchev–Trinajstić information content (AvgIpc) is 2.83. The van der Waals surface area contributed by atoms with E-state index >= 15 is 0 Å². The number of nitrogens with one attached hydrogen (secondary N) is 1. The summed E-state index contributed by atoms with van der Waals surface area (Å²) in [6.45, 7) is -1.42. The van der Waals surface area contributed by atoms with E-state index in [-0.39, 0.29) is 6.54 Å². The monoisotopic (exact) mass is 273 g/mol. The van der Waals surface area contributed by atoms with Crippen LogP contribution < -0.4 is 5.48 Å². The third-order valence-electron chi connectivity index (χ3n) is 2.10. The maximum Gasteiger partial charge on any atom is 0.413 e. The molecular weight excluding hydrogens is 263 g/mol. The Morgan fingerprint density at radius 2 is 1.95 bits per heavy atom. The van der Waals surface area contributed by atoms with Crippen LogP contribution in [0.2, 0.25) is 0 Å². The van der Waals surface area contributed by atoms with Gasteiger partial charge in [0.05, 0.1) is 12.2 Å². The molecule has 0 bridgehead atoms. The van der Waals surface area contributed by atoms with Crippen LogP contribution >= 0.6 is 0 Å². The van der Waals surface area contributed by atoms with E-state index in [2.05, 4.69) is 25.8 Å². The topological polar surface area (TPSA) is 64.9 Å². The van der Waals surface area contributed by atoms with E-state index < -0.39 is 12.8 Å². The predicted octanol–water partition coefficient (Wildman–Crippen LogP) is 1.25. The zero-order chi connectivity index (χ0) is 13.7. The summed E-state index contributed by atoms with van der Waals surface area (Å²) < 4.78 is 37.0. The summed E-state index contributed by atoms with van der Waals surface area (Å²) in [4.78, 5) is 4.28. The van der Waals surface area contributed by atoms with Gasteiger partial charge in [-0.1, -0.05) is 18.2 Å². The predicted molar refractivity (Wildman–Crippen MR) is 58.0 cm³/mol. The minimum Gasteiger partial charge on any atom is -0.292 e. The maximum atomic E-state index is 11.9. The first-order valence-electron chi connectivity index (χ1n) is 5.30. The molecule has 0 unspecified atom stereocenters. The normalized spacial score (nSPS) is 11.7. The van der Waals surface area contributed by atoms with Crippen molar-refractivity contribution < 1.29 is 18.0 Å². The summed E-state index contributed by atoms with van der Waals surface area (Å²) in [6.07, 6.45) is -4.38. The Hall–Kier alpha value is -2.00. The second-order valence-corrected chi connectivity index (χ2v) is 3.57. The van der Waals surface area contributed by atoms with Crippen molar-refractivity contribution in [3.05, 3.63) is 36.2 Å². The van der Waals surface area contributed by atoms with Crippen LogP contribution in [0, 0.1) is 0 Å². The second-order valence-electron chi connectivity index (χ2n) is 3.57. The third kappa shape index (κ3) is 4.00. The molecule has 0 spiro atoms. The molecule has 1 heterocycles. The fraction of sp³-hybridized carbons (Fsp3) is 0.300. The van der Waals surface area contributed by atoms with Gasteiger partial charge < -0.3 is 0 Å². The Morgan fingerprint density at radius 3 is 2.63 bits per heavy atom. The summed E-state index contributed by atoms with van der Waals surface area (Å²) in [5.74, 6) is 0.341. The zero-order valence-corrected chi connectivity index (χ0v) is 9.63. The first-order valence-corrected chi connectivity index (χ1v) is 5.30. The average molecular weight is 273 g/mol. The quantitative estimate of drug-likeness (QED) is 0.656. The molecule has 102 valence electrons. The van der Waals surface area contributed by atoms with E-state index in [0.717, 1.165) is 0 Å². The Bertz CT molecular complexity index is 513. The fourth-order valence-corrected chi connectivity index (χ4v) is 1.33. The van der Waals surface area contributed by atoms with Gasteiger partial charge in [-0.15, -0.1) is 5.10 Å². The highest BCUT2D eigenvalue weighted by Crippen LogP contribution is 2.13. The van der Waals surface area contributed by atoms with Crippen molar-refractivity contribution in [2.75, 3.05) is 6.61 Å². The molecule has 0 radical (unpaired) electrons. The van der Waals surface area contributed by atoms with Crippen molar-refractivity contribution in [1.82, 2.24) is 25.7 Å². The summed E-state index contributed by atoms with van der Waals surface area (Å²) in [5.41, 5.74) is 2.88. The van der Waals surface area contributed by atoms with Gasteiger partial charge in [0.1, 0.15) is 0 Å².